The maximum absolute atomic E-state index is 11.5. The number of ether oxygens (including phenoxy) is 1. The van der Waals surface area contributed by atoms with Crippen LogP contribution in [0.1, 0.15) is 33.1 Å². The molecule has 0 saturated heterocycles. The lowest BCUT2D eigenvalue weighted by Crippen LogP contribution is -2.16. The fourth-order valence-corrected chi connectivity index (χ4v) is 3.60. The minimum atomic E-state index is -0.814. The van der Waals surface area contributed by atoms with Gasteiger partial charge >= 0.3 is 5.97 Å². The van der Waals surface area contributed by atoms with Crippen LogP contribution >= 0.6 is 11.8 Å². The first-order valence-electron chi connectivity index (χ1n) is 8.97. The maximum Gasteiger partial charge on any atom is 0.317 e. The molecule has 2 heterocycles. The fourth-order valence-electron chi connectivity index (χ4n) is 2.65. The molecule has 3 aromatic rings. The number of hydrogen-bond acceptors (Lipinski definition) is 6. The molecule has 8 heteroatoms. The van der Waals surface area contributed by atoms with Crippen LogP contribution in [0.5, 0.6) is 5.75 Å². The zero-order valence-electron chi connectivity index (χ0n) is 15.3. The van der Waals surface area contributed by atoms with Gasteiger partial charge in [-0.3, -0.25) is 4.79 Å². The van der Waals surface area contributed by atoms with Crippen molar-refractivity contribution in [1.82, 2.24) is 19.8 Å². The molecule has 0 aliphatic rings. The summed E-state index contributed by atoms with van der Waals surface area (Å²) in [4.78, 5) is 11.5. The van der Waals surface area contributed by atoms with Crippen molar-refractivity contribution in [3.8, 4) is 17.1 Å². The summed E-state index contributed by atoms with van der Waals surface area (Å²) in [5.74, 6) is 0.585. The predicted octanol–water partition coefficient (Wildman–Crippen LogP) is 3.93. The molecule has 0 amide bonds. The molecule has 7 nitrogen and oxygen atoms in total. The molecule has 27 heavy (non-hydrogen) atoms. The van der Waals surface area contributed by atoms with Crippen LogP contribution in [0.3, 0.4) is 0 Å². The Balaban J connectivity index is 1.88. The Morgan fingerprint density at radius 1 is 1.19 bits per heavy atom. The Hall–Kier alpha value is -2.61. The molecule has 0 fully saturated rings. The van der Waals surface area contributed by atoms with Crippen molar-refractivity contribution in [2.45, 2.75) is 43.4 Å². The number of fused-ring (bicyclic) bond motifs is 1. The zero-order chi connectivity index (χ0) is 19.2. The Labute approximate surface area is 161 Å². The van der Waals surface area contributed by atoms with E-state index in [0.29, 0.717) is 29.5 Å². The summed E-state index contributed by atoms with van der Waals surface area (Å²) in [6.07, 6.45) is 2.45. The molecule has 2 aromatic heterocycles. The van der Waals surface area contributed by atoms with Gasteiger partial charge in [-0.25, -0.2) is 0 Å². The lowest BCUT2D eigenvalue weighted by molar-refractivity contribution is -0.136. The van der Waals surface area contributed by atoms with Crippen molar-refractivity contribution in [2.75, 3.05) is 6.61 Å². The first-order chi connectivity index (χ1) is 13.1. The number of benzene rings is 1. The van der Waals surface area contributed by atoms with Gasteiger partial charge in [-0.2, -0.15) is 9.61 Å². The molecule has 0 aliphatic carbocycles. The van der Waals surface area contributed by atoms with Crippen LogP contribution in [-0.4, -0.2) is 42.7 Å². The summed E-state index contributed by atoms with van der Waals surface area (Å²) in [5.41, 5.74) is 1.48. The average Bonchev–Trinajstić information content (AvgIpc) is 3.09. The number of unbranched alkanes of at least 4 members (excludes halogenated alkanes) is 1. The Kier molecular flexibility index (Phi) is 6.28. The molecule has 0 spiro atoms. The van der Waals surface area contributed by atoms with Gasteiger partial charge in [-0.05, 0) is 49.7 Å². The van der Waals surface area contributed by atoms with E-state index < -0.39 is 11.2 Å². The molecule has 0 aliphatic heterocycles. The van der Waals surface area contributed by atoms with Crippen LogP contribution in [0.15, 0.2) is 41.4 Å². The van der Waals surface area contributed by atoms with E-state index in [0.717, 1.165) is 24.2 Å². The molecule has 0 radical (unpaired) electrons. The number of thioether (sulfide) groups is 1. The summed E-state index contributed by atoms with van der Waals surface area (Å²) < 4.78 is 7.12. The first-order valence-corrected chi connectivity index (χ1v) is 9.85. The molecule has 1 aromatic carbocycles. The molecule has 0 saturated carbocycles. The largest absolute Gasteiger partial charge is 0.494 e. The van der Waals surface area contributed by atoms with Crippen molar-refractivity contribution < 1.29 is 14.6 Å². The van der Waals surface area contributed by atoms with Crippen molar-refractivity contribution in [3.05, 3.63) is 36.4 Å². The van der Waals surface area contributed by atoms with Crippen molar-refractivity contribution >= 4 is 23.4 Å². The van der Waals surface area contributed by atoms with Crippen molar-refractivity contribution in [1.29, 1.82) is 0 Å². The highest BCUT2D eigenvalue weighted by Gasteiger charge is 2.20. The van der Waals surface area contributed by atoms with Gasteiger partial charge in [-0.1, -0.05) is 31.5 Å². The molecule has 1 unspecified atom stereocenters. The summed E-state index contributed by atoms with van der Waals surface area (Å²) in [6.45, 7) is 4.60. The Bertz CT molecular complexity index is 911. The highest BCUT2D eigenvalue weighted by atomic mass is 32.2. The van der Waals surface area contributed by atoms with Gasteiger partial charge in [0.2, 0.25) is 0 Å². The lowest BCUT2D eigenvalue weighted by Gasteiger charge is -2.11. The quantitative estimate of drug-likeness (QED) is 0.557. The van der Waals surface area contributed by atoms with E-state index in [1.165, 1.54) is 11.8 Å². The van der Waals surface area contributed by atoms with E-state index in [4.69, 9.17) is 4.74 Å². The van der Waals surface area contributed by atoms with Crippen LogP contribution in [0.25, 0.3) is 17.0 Å². The molecule has 142 valence electrons. The average molecular weight is 386 g/mol. The number of hydrogen-bond donors (Lipinski definition) is 1. The first kappa shape index (κ1) is 19.2. The van der Waals surface area contributed by atoms with Gasteiger partial charge in [0, 0.05) is 5.56 Å². The second-order valence-electron chi connectivity index (χ2n) is 6.01. The van der Waals surface area contributed by atoms with E-state index in [1.807, 2.05) is 38.1 Å². The van der Waals surface area contributed by atoms with Crippen LogP contribution in [-0.2, 0) is 4.79 Å². The zero-order valence-corrected chi connectivity index (χ0v) is 16.1. The fraction of sp³-hybridized carbons (Fsp3) is 0.368. The highest BCUT2D eigenvalue weighted by molar-refractivity contribution is 8.00. The van der Waals surface area contributed by atoms with E-state index in [9.17, 15) is 9.90 Å². The van der Waals surface area contributed by atoms with Gasteiger partial charge in [0.25, 0.3) is 0 Å². The van der Waals surface area contributed by atoms with Crippen LogP contribution < -0.4 is 4.74 Å². The van der Waals surface area contributed by atoms with E-state index in [1.54, 1.807) is 16.6 Å². The predicted molar refractivity (Wildman–Crippen MR) is 104 cm³/mol. The van der Waals surface area contributed by atoms with E-state index in [2.05, 4.69) is 15.3 Å². The number of carbonyl (C=O) groups is 1. The summed E-state index contributed by atoms with van der Waals surface area (Å²) >= 11 is 1.26. The molecular weight excluding hydrogens is 364 g/mol. The van der Waals surface area contributed by atoms with Crippen LogP contribution in [0.2, 0.25) is 0 Å². The van der Waals surface area contributed by atoms with Gasteiger partial charge < -0.3 is 9.84 Å². The van der Waals surface area contributed by atoms with E-state index >= 15 is 0 Å². The van der Waals surface area contributed by atoms with Crippen LogP contribution in [0, 0.1) is 0 Å². The molecule has 1 N–H and O–H groups in total. The topological polar surface area (TPSA) is 89.6 Å². The third kappa shape index (κ3) is 4.57. The highest BCUT2D eigenvalue weighted by Crippen LogP contribution is 2.27. The second-order valence-corrected chi connectivity index (χ2v) is 7.23. The number of rotatable bonds is 9. The number of aliphatic carboxylic acids is 1. The van der Waals surface area contributed by atoms with Gasteiger partial charge in [0.05, 0.1) is 6.61 Å². The summed E-state index contributed by atoms with van der Waals surface area (Å²) in [7, 11) is 0. The van der Waals surface area contributed by atoms with Gasteiger partial charge in [-0.15, -0.1) is 10.2 Å². The van der Waals surface area contributed by atoms with Crippen molar-refractivity contribution in [2.24, 2.45) is 0 Å². The summed E-state index contributed by atoms with van der Waals surface area (Å²) in [5, 5.41) is 22.5. The minimum absolute atomic E-state index is 0.514. The Morgan fingerprint density at radius 3 is 2.63 bits per heavy atom. The monoisotopic (exact) mass is 386 g/mol. The molecule has 1 atom stereocenters. The Morgan fingerprint density at radius 2 is 1.96 bits per heavy atom. The smallest absolute Gasteiger partial charge is 0.317 e. The van der Waals surface area contributed by atoms with Gasteiger partial charge in [0.15, 0.2) is 11.5 Å². The third-order valence-electron chi connectivity index (χ3n) is 4.02. The summed E-state index contributed by atoms with van der Waals surface area (Å²) in [6, 6.07) is 11.2. The standard InChI is InChI=1S/C19H22N4O3S/c1-3-5-6-15(19(24)25)27-17-12-11-16-20-21-18(23(16)22-17)13-7-9-14(10-8-13)26-4-2/h7-12,15H,3-6H2,1-2H3,(H,24,25). The normalized spacial score (nSPS) is 12.2. The van der Waals surface area contributed by atoms with Gasteiger partial charge in [0.1, 0.15) is 16.0 Å². The van der Waals surface area contributed by atoms with Crippen molar-refractivity contribution in [3.63, 3.8) is 0 Å². The lowest BCUT2D eigenvalue weighted by atomic mass is 10.2. The minimum Gasteiger partial charge on any atom is -0.494 e. The maximum atomic E-state index is 11.5. The second kappa shape index (κ2) is 8.85. The number of nitrogens with zero attached hydrogens (tertiary/aromatic N) is 4. The third-order valence-corrected chi connectivity index (χ3v) is 5.20. The SMILES string of the molecule is CCCCC(Sc1ccc2nnc(-c3ccc(OCC)cc3)n2n1)C(=O)O. The van der Waals surface area contributed by atoms with E-state index in [-0.39, 0.29) is 0 Å². The molecule has 3 rings (SSSR count). The van der Waals surface area contributed by atoms with Crippen LogP contribution in [0.4, 0.5) is 0 Å². The molecular formula is C19H22N4O3S. The number of carboxylic acid groups (broad SMARTS) is 1. The molecule has 0 bridgehead atoms. The number of carboxylic acids is 1. The number of aromatic nitrogens is 4.